The summed E-state index contributed by atoms with van der Waals surface area (Å²) in [5.41, 5.74) is 3.53. The summed E-state index contributed by atoms with van der Waals surface area (Å²) in [4.78, 5) is 7.32. The predicted molar refractivity (Wildman–Crippen MR) is 82.2 cm³/mol. The molecule has 0 unspecified atom stereocenters. The van der Waals surface area contributed by atoms with E-state index < -0.39 is 0 Å². The number of alkyl halides is 1. The predicted octanol–water partition coefficient (Wildman–Crippen LogP) is 4.50. The lowest BCUT2D eigenvalue weighted by molar-refractivity contribution is 0.789. The summed E-state index contributed by atoms with van der Waals surface area (Å²) < 4.78 is 2.22. The van der Waals surface area contributed by atoms with Gasteiger partial charge < -0.3 is 4.57 Å². The Morgan fingerprint density at radius 1 is 1.26 bits per heavy atom. The largest absolute Gasteiger partial charge is 0.322 e. The van der Waals surface area contributed by atoms with Crippen molar-refractivity contribution < 1.29 is 0 Å². The molecule has 3 rings (SSSR count). The Labute approximate surface area is 121 Å². The molecule has 0 aliphatic rings. The van der Waals surface area contributed by atoms with Crippen molar-refractivity contribution >= 4 is 34.0 Å². The summed E-state index contributed by atoms with van der Waals surface area (Å²) in [6.07, 6.45) is 0. The van der Waals surface area contributed by atoms with Crippen molar-refractivity contribution in [3.8, 4) is 0 Å². The number of halogens is 1. The molecule has 0 radical (unpaired) electrons. The molecule has 2 heterocycles. The minimum absolute atomic E-state index is 0.442. The summed E-state index contributed by atoms with van der Waals surface area (Å²) in [7, 11) is 0. The molecule has 2 nitrogen and oxygen atoms in total. The van der Waals surface area contributed by atoms with Crippen molar-refractivity contribution in [1.82, 2.24) is 9.55 Å². The average molecular weight is 291 g/mol. The fraction of sp³-hybridized carbons (Fsp3) is 0.267. The normalized spacial score (nSPS) is 11.3. The summed E-state index contributed by atoms with van der Waals surface area (Å²) in [5, 5.41) is 0. The van der Waals surface area contributed by atoms with Gasteiger partial charge in [-0.2, -0.15) is 0 Å². The number of hydrogen-bond donors (Lipinski definition) is 0. The molecule has 98 valence electrons. The van der Waals surface area contributed by atoms with Crippen LogP contribution in [0.3, 0.4) is 0 Å². The molecule has 0 amide bonds. The number of para-hydroxylation sites is 2. The van der Waals surface area contributed by atoms with Gasteiger partial charge in [0.15, 0.2) is 0 Å². The molecule has 0 aliphatic heterocycles. The second-order valence-corrected chi connectivity index (χ2v) is 6.30. The lowest BCUT2D eigenvalue weighted by atomic mass is 10.3. The van der Waals surface area contributed by atoms with Gasteiger partial charge in [-0.1, -0.05) is 12.1 Å². The number of imidazole rings is 1. The zero-order chi connectivity index (χ0) is 13.4. The topological polar surface area (TPSA) is 17.8 Å². The van der Waals surface area contributed by atoms with Crippen molar-refractivity contribution in [3.63, 3.8) is 0 Å². The highest BCUT2D eigenvalue weighted by Crippen LogP contribution is 2.24. The van der Waals surface area contributed by atoms with Gasteiger partial charge in [-0.3, -0.25) is 0 Å². The third-order valence-corrected chi connectivity index (χ3v) is 4.76. The molecule has 4 heteroatoms. The third kappa shape index (κ3) is 2.28. The van der Waals surface area contributed by atoms with E-state index in [0.717, 1.165) is 23.4 Å². The van der Waals surface area contributed by atoms with Crippen LogP contribution in [0.2, 0.25) is 0 Å². The Morgan fingerprint density at radius 2 is 2.05 bits per heavy atom. The first-order valence-electron chi connectivity index (χ1n) is 6.25. The van der Waals surface area contributed by atoms with Gasteiger partial charge in [0.1, 0.15) is 5.82 Å². The van der Waals surface area contributed by atoms with E-state index in [1.807, 2.05) is 29.5 Å². The molecule has 2 aromatic heterocycles. The fourth-order valence-corrected chi connectivity index (χ4v) is 3.53. The van der Waals surface area contributed by atoms with Gasteiger partial charge in [-0.25, -0.2) is 4.98 Å². The Kier molecular flexibility index (Phi) is 3.33. The van der Waals surface area contributed by atoms with Gasteiger partial charge in [0.25, 0.3) is 0 Å². The van der Waals surface area contributed by atoms with Gasteiger partial charge in [0, 0.05) is 9.75 Å². The van der Waals surface area contributed by atoms with Gasteiger partial charge in [0.2, 0.25) is 0 Å². The van der Waals surface area contributed by atoms with Crippen LogP contribution < -0.4 is 0 Å². The van der Waals surface area contributed by atoms with Crippen LogP contribution >= 0.6 is 22.9 Å². The summed E-state index contributed by atoms with van der Waals surface area (Å²) >= 11 is 7.87. The van der Waals surface area contributed by atoms with Crippen LogP contribution in [0.4, 0.5) is 0 Å². The Bertz CT molecular complexity index is 707. The Balaban J connectivity index is 2.08. The molecule has 0 N–H and O–H groups in total. The van der Waals surface area contributed by atoms with Crippen molar-refractivity contribution in [2.24, 2.45) is 0 Å². The maximum Gasteiger partial charge on any atom is 0.125 e. The van der Waals surface area contributed by atoms with Crippen LogP contribution in [0.25, 0.3) is 11.0 Å². The van der Waals surface area contributed by atoms with Crippen LogP contribution in [0.1, 0.15) is 21.1 Å². The van der Waals surface area contributed by atoms with Crippen LogP contribution in [-0.2, 0) is 12.4 Å². The first-order valence-corrected chi connectivity index (χ1v) is 7.60. The zero-order valence-electron chi connectivity index (χ0n) is 11.0. The lowest BCUT2D eigenvalue weighted by Gasteiger charge is -2.05. The van der Waals surface area contributed by atoms with Gasteiger partial charge >= 0.3 is 0 Å². The number of nitrogens with zero attached hydrogens (tertiary/aromatic N) is 2. The Hall–Kier alpha value is -1.32. The van der Waals surface area contributed by atoms with E-state index in [1.165, 1.54) is 15.3 Å². The molecular weight excluding hydrogens is 276 g/mol. The summed E-state index contributed by atoms with van der Waals surface area (Å²) in [6.45, 7) is 5.17. The molecule has 0 fully saturated rings. The van der Waals surface area contributed by atoms with E-state index >= 15 is 0 Å². The van der Waals surface area contributed by atoms with E-state index in [2.05, 4.69) is 35.5 Å². The molecule has 1 aromatic carbocycles. The molecule has 0 saturated heterocycles. The van der Waals surface area contributed by atoms with E-state index in [9.17, 15) is 0 Å². The number of thiophene rings is 1. The number of aryl methyl sites for hydroxylation is 2. The first kappa shape index (κ1) is 12.7. The second-order valence-electron chi connectivity index (χ2n) is 4.69. The van der Waals surface area contributed by atoms with Crippen molar-refractivity contribution in [2.45, 2.75) is 26.3 Å². The Morgan fingerprint density at radius 3 is 2.74 bits per heavy atom. The smallest absolute Gasteiger partial charge is 0.125 e. The lowest BCUT2D eigenvalue weighted by Crippen LogP contribution is -2.02. The van der Waals surface area contributed by atoms with Crippen molar-refractivity contribution in [1.29, 1.82) is 0 Å². The van der Waals surface area contributed by atoms with Crippen LogP contribution in [0, 0.1) is 13.8 Å². The van der Waals surface area contributed by atoms with Gasteiger partial charge in [0.05, 0.1) is 23.5 Å². The number of fused-ring (bicyclic) bond motifs is 1. The van der Waals surface area contributed by atoms with Gasteiger partial charge in [-0.15, -0.1) is 22.9 Å². The number of hydrogen-bond acceptors (Lipinski definition) is 2. The van der Waals surface area contributed by atoms with E-state index in [0.29, 0.717) is 5.88 Å². The van der Waals surface area contributed by atoms with E-state index in [-0.39, 0.29) is 0 Å². The number of benzene rings is 1. The highest BCUT2D eigenvalue weighted by atomic mass is 35.5. The van der Waals surface area contributed by atoms with Crippen LogP contribution in [0.15, 0.2) is 30.3 Å². The summed E-state index contributed by atoms with van der Waals surface area (Å²) in [6, 6.07) is 10.5. The standard InChI is InChI=1S/C15H15ClN2S/c1-10-7-12(19-11(10)2)9-18-14-6-4-3-5-13(14)17-15(18)8-16/h3-7H,8-9H2,1-2H3. The number of rotatable bonds is 3. The first-order chi connectivity index (χ1) is 9.19. The molecule has 0 aliphatic carbocycles. The quantitative estimate of drug-likeness (QED) is 0.649. The minimum Gasteiger partial charge on any atom is -0.322 e. The van der Waals surface area contributed by atoms with E-state index in [4.69, 9.17) is 11.6 Å². The third-order valence-electron chi connectivity index (χ3n) is 3.38. The monoisotopic (exact) mass is 290 g/mol. The summed E-state index contributed by atoms with van der Waals surface area (Å²) in [5.74, 6) is 1.38. The minimum atomic E-state index is 0.442. The SMILES string of the molecule is Cc1cc(Cn2c(CCl)nc3ccccc32)sc1C. The van der Waals surface area contributed by atoms with Gasteiger partial charge in [-0.05, 0) is 37.6 Å². The number of aromatic nitrogens is 2. The van der Waals surface area contributed by atoms with Crippen molar-refractivity contribution in [3.05, 3.63) is 51.5 Å². The molecule has 19 heavy (non-hydrogen) atoms. The second kappa shape index (κ2) is 4.99. The average Bonchev–Trinajstić information content (AvgIpc) is 2.92. The zero-order valence-corrected chi connectivity index (χ0v) is 12.6. The molecule has 3 aromatic rings. The maximum atomic E-state index is 6.03. The maximum absolute atomic E-state index is 6.03. The highest BCUT2D eigenvalue weighted by Gasteiger charge is 2.11. The molecule has 0 atom stereocenters. The molecule has 0 saturated carbocycles. The molecule has 0 spiro atoms. The van der Waals surface area contributed by atoms with Crippen molar-refractivity contribution in [2.75, 3.05) is 0 Å². The van der Waals surface area contributed by atoms with Crippen LogP contribution in [0.5, 0.6) is 0 Å². The van der Waals surface area contributed by atoms with Crippen LogP contribution in [-0.4, -0.2) is 9.55 Å². The van der Waals surface area contributed by atoms with E-state index in [1.54, 1.807) is 0 Å². The fourth-order valence-electron chi connectivity index (χ4n) is 2.29. The highest BCUT2D eigenvalue weighted by molar-refractivity contribution is 7.12. The molecule has 0 bridgehead atoms. The molecular formula is C15H15ClN2S.